The number of benzene rings is 12. The minimum atomic E-state index is -0.824. The third-order valence-electron chi connectivity index (χ3n) is 24.0. The molecular formula is C115H136N18O11. The SMILES string of the molecule is C[C@H](N)C(=O)N[C@@H](CCCCC(=N)N)C(=O)OCc1ccc(-c2ccccc2)cc1.N=C(N)CCCC[C@H](NC(=O)[C@@H](N)Cc1ccccc1)C(=O)OCc1ccc(-c2ccccc2)cc1.NC(N)=NCCC[C@H](N)C(=O)N[C@@H](CC1=CCc2ccccc21)C(=O)Nc1ccc2ccccc2c1.NC(N)CCCC[C@H](NC(=O)[C@@H](N)Cc1ccc(-c2ccccc2)cc1)C(=O)OCc1ccc(-c2ccccc2)cc1. The van der Waals surface area contributed by atoms with Crippen molar-refractivity contribution in [3.05, 3.63) is 360 Å². The zero-order valence-electron chi connectivity index (χ0n) is 81.6. The molecule has 752 valence electrons. The van der Waals surface area contributed by atoms with Gasteiger partial charge in [0, 0.05) is 31.5 Å². The van der Waals surface area contributed by atoms with Gasteiger partial charge < -0.3 is 98.1 Å². The maximum absolute atomic E-state index is 13.4. The largest absolute Gasteiger partial charge is 0.459 e. The molecule has 0 radical (unpaired) electrons. The molecule has 8 atom stereocenters. The van der Waals surface area contributed by atoms with E-state index in [2.05, 4.69) is 43.7 Å². The second-order valence-corrected chi connectivity index (χ2v) is 35.6. The molecule has 0 spiro atoms. The molecule has 0 aliphatic heterocycles. The van der Waals surface area contributed by atoms with Gasteiger partial charge >= 0.3 is 17.9 Å². The standard InChI is InChI=1S/C35H40N4O3.C29H34N4O3.C28H32N6O2.C23H30N4O3/c36-31(23-25-15-19-29(20-16-25)27-9-3-1-4-10-27)34(40)39-32(13-7-8-14-33(37)38)35(41)42-24-26-17-21-30(22-18-26)28-11-5-2-6-12-28;30-25(19-21-9-3-1-4-10-21)28(34)33-26(13-7-8-14-27(31)32)29(35)36-20-22-15-17-24(18-16-22)23-11-5-2-6-12-23;29-24(10-5-15-32-28(30)31)26(35)34-25(17-21-12-11-19-7-3-4-9-23(19)21)27(36)33-22-14-13-18-6-1-2-8-20(18)16-22;1-16(24)22(28)27-20(9-5-6-10-21(25)26)23(29)30-15-17-11-13-19(14-12-17)18-7-3-2-4-8-18/h1-6,9-12,15-22,31-33H,7-8,13-14,23-24,36-38H2,(H,39,40);1-6,9-12,15-18,25-26H,7-8,13-14,19-20,30H2,(H3,31,32)(H,33,34);1-4,6-9,12-14,16,24-25H,5,10-11,15,17,29H2,(H,33,36)(H,34,35)(H4,30,31,32);2-4,7-8,11-14,16,20H,5-6,9-10,15,24H2,1H3,(H3,25,26)(H,27,28)/t31-,32-;25-,26-;24-,25-;16-,20-/m0000/s1. The molecule has 0 fully saturated rings. The molecule has 29 nitrogen and oxygen atoms in total. The van der Waals surface area contributed by atoms with Crippen LogP contribution < -0.4 is 83.9 Å². The first kappa shape index (κ1) is 110. The van der Waals surface area contributed by atoms with Gasteiger partial charge in [0.05, 0.1) is 42.0 Å². The van der Waals surface area contributed by atoms with Crippen molar-refractivity contribution in [2.75, 3.05) is 11.9 Å². The van der Waals surface area contributed by atoms with Crippen molar-refractivity contribution in [3.8, 4) is 44.5 Å². The van der Waals surface area contributed by atoms with Gasteiger partial charge in [-0.05, 0) is 189 Å². The number of hydrogen-bond donors (Lipinski definition) is 17. The van der Waals surface area contributed by atoms with Crippen molar-refractivity contribution in [2.45, 2.75) is 197 Å². The van der Waals surface area contributed by atoms with Crippen LogP contribution in [0.3, 0.4) is 0 Å². The quantitative estimate of drug-likeness (QED) is 0.00420. The lowest BCUT2D eigenvalue weighted by Gasteiger charge is -2.22. The molecule has 1 aliphatic rings. The van der Waals surface area contributed by atoms with Gasteiger partial charge in [0.1, 0.15) is 44.0 Å². The Kier molecular flexibility index (Phi) is 45.4. The molecule has 0 saturated carbocycles. The van der Waals surface area contributed by atoms with E-state index >= 15 is 0 Å². The summed E-state index contributed by atoms with van der Waals surface area (Å²) < 4.78 is 16.6. The van der Waals surface area contributed by atoms with Gasteiger partial charge in [0.25, 0.3) is 0 Å². The second kappa shape index (κ2) is 59.2. The van der Waals surface area contributed by atoms with E-state index in [9.17, 15) is 38.4 Å². The fraction of sp³-hybridized carbons (Fsp3) is 0.278. The molecule has 29 heteroatoms. The van der Waals surface area contributed by atoms with Crippen molar-refractivity contribution in [2.24, 2.45) is 62.3 Å². The van der Waals surface area contributed by atoms with E-state index < -0.39 is 90.1 Å². The van der Waals surface area contributed by atoms with Crippen molar-refractivity contribution >= 4 is 87.1 Å². The summed E-state index contributed by atoms with van der Waals surface area (Å²) in [7, 11) is 0. The second-order valence-electron chi connectivity index (χ2n) is 35.6. The zero-order chi connectivity index (χ0) is 103. The summed E-state index contributed by atoms with van der Waals surface area (Å²) in [6.45, 7) is 2.27. The maximum atomic E-state index is 13.4. The van der Waals surface area contributed by atoms with Crippen LogP contribution in [0.4, 0.5) is 5.69 Å². The number of nitrogens with zero attached hydrogens (tertiary/aromatic N) is 1. The van der Waals surface area contributed by atoms with Crippen molar-refractivity contribution in [1.82, 2.24) is 21.3 Å². The summed E-state index contributed by atoms with van der Waals surface area (Å²) in [6, 6.07) is 96.6. The van der Waals surface area contributed by atoms with E-state index in [4.69, 9.17) is 82.4 Å². The molecule has 0 bridgehead atoms. The fourth-order valence-electron chi connectivity index (χ4n) is 15.9. The number of esters is 3. The van der Waals surface area contributed by atoms with E-state index in [1.165, 1.54) is 5.56 Å². The van der Waals surface area contributed by atoms with Crippen LogP contribution in [0.2, 0.25) is 0 Å². The van der Waals surface area contributed by atoms with Gasteiger partial charge in [-0.2, -0.15) is 0 Å². The lowest BCUT2D eigenvalue weighted by molar-refractivity contribution is -0.150. The summed E-state index contributed by atoms with van der Waals surface area (Å²) >= 11 is 0. The molecule has 27 N–H and O–H groups in total. The molecular weight excluding hydrogens is 1810 g/mol. The number of carbonyl (C=O) groups is 8. The average Bonchev–Trinajstić information content (AvgIpc) is 1.61. The van der Waals surface area contributed by atoms with E-state index in [-0.39, 0.29) is 49.3 Å². The number of nitrogens with two attached hydrogens (primary N) is 10. The Hall–Kier alpha value is -15.6. The number of fused-ring (bicyclic) bond motifs is 2. The molecule has 0 heterocycles. The number of hydrogen-bond acceptors (Lipinski definition) is 20. The Morgan fingerprint density at radius 2 is 0.681 bits per heavy atom. The van der Waals surface area contributed by atoms with Gasteiger partial charge in [0.2, 0.25) is 29.5 Å². The molecule has 5 amide bonds. The van der Waals surface area contributed by atoms with Crippen LogP contribution in [0.25, 0.3) is 60.9 Å². The topological polar surface area (TPSA) is 545 Å². The number of aliphatic imine (C=N–C) groups is 1. The third kappa shape index (κ3) is 38.4. The Morgan fingerprint density at radius 3 is 1.09 bits per heavy atom. The monoisotopic (exact) mass is 1950 g/mol. The van der Waals surface area contributed by atoms with Crippen LogP contribution in [-0.2, 0) is 91.6 Å². The number of allylic oxidation sites excluding steroid dienone is 1. The van der Waals surface area contributed by atoms with E-state index in [0.717, 1.165) is 107 Å². The van der Waals surface area contributed by atoms with Crippen LogP contribution in [-0.4, -0.2) is 126 Å². The predicted molar refractivity (Wildman–Crippen MR) is 573 cm³/mol. The predicted octanol–water partition coefficient (Wildman–Crippen LogP) is 14.3. The first-order chi connectivity index (χ1) is 69.6. The minimum Gasteiger partial charge on any atom is -0.459 e. The summed E-state index contributed by atoms with van der Waals surface area (Å²) in [5.74, 6) is -3.18. The number of nitrogens with one attached hydrogen (secondary N) is 7. The molecule has 0 unspecified atom stereocenters. The van der Waals surface area contributed by atoms with E-state index in [1.807, 2.05) is 309 Å². The number of unbranched alkanes of at least 4 members (excludes halogenated alkanes) is 3. The molecule has 144 heavy (non-hydrogen) atoms. The van der Waals surface area contributed by atoms with Crippen LogP contribution in [0.1, 0.15) is 142 Å². The number of amidine groups is 2. The fourth-order valence-corrected chi connectivity index (χ4v) is 15.9. The highest BCUT2D eigenvalue weighted by atomic mass is 16.5. The first-order valence-corrected chi connectivity index (χ1v) is 48.7. The smallest absolute Gasteiger partial charge is 0.328 e. The first-order valence-electron chi connectivity index (χ1n) is 48.7. The highest BCUT2D eigenvalue weighted by Crippen LogP contribution is 2.32. The van der Waals surface area contributed by atoms with Crippen molar-refractivity contribution in [3.63, 3.8) is 0 Å². The Labute approximate surface area is 842 Å². The summed E-state index contributed by atoms with van der Waals surface area (Å²) in [5.41, 5.74) is 74.2. The lowest BCUT2D eigenvalue weighted by atomic mass is 9.98. The Bertz CT molecular complexity index is 6140. The number of anilines is 1. The van der Waals surface area contributed by atoms with Crippen LogP contribution in [0.5, 0.6) is 0 Å². The number of carbonyl (C=O) groups excluding carboxylic acids is 8. The van der Waals surface area contributed by atoms with Crippen molar-refractivity contribution < 1.29 is 52.6 Å². The van der Waals surface area contributed by atoms with Gasteiger partial charge in [-0.3, -0.25) is 39.8 Å². The molecule has 12 aromatic carbocycles. The summed E-state index contributed by atoms with van der Waals surface area (Å²) in [4.78, 5) is 107. The highest BCUT2D eigenvalue weighted by molar-refractivity contribution is 6.01. The number of guanidine groups is 1. The number of amides is 5. The van der Waals surface area contributed by atoms with E-state index in [0.29, 0.717) is 115 Å². The highest BCUT2D eigenvalue weighted by Gasteiger charge is 2.31. The number of rotatable bonds is 48. The lowest BCUT2D eigenvalue weighted by Crippen LogP contribution is -2.50. The molecule has 0 aromatic heterocycles. The van der Waals surface area contributed by atoms with Gasteiger partial charge in [-0.15, -0.1) is 0 Å². The molecule has 12 aromatic rings. The number of ether oxygens (including phenoxy) is 3. The summed E-state index contributed by atoms with van der Waals surface area (Å²) in [5, 5.41) is 30.8. The van der Waals surface area contributed by atoms with Crippen LogP contribution in [0.15, 0.2) is 327 Å². The molecule has 1 aliphatic carbocycles. The van der Waals surface area contributed by atoms with Gasteiger partial charge in [-0.25, -0.2) is 14.4 Å². The third-order valence-corrected chi connectivity index (χ3v) is 24.0. The van der Waals surface area contributed by atoms with Crippen LogP contribution >= 0.6 is 0 Å². The van der Waals surface area contributed by atoms with Gasteiger partial charge in [-0.1, -0.05) is 335 Å². The molecule has 0 saturated heterocycles. The molecule has 13 rings (SSSR count). The van der Waals surface area contributed by atoms with Crippen LogP contribution in [0, 0.1) is 10.8 Å². The maximum Gasteiger partial charge on any atom is 0.328 e. The zero-order valence-corrected chi connectivity index (χ0v) is 81.6. The normalized spacial score (nSPS) is 12.8. The Balaban J connectivity index is 0.000000198. The minimum absolute atomic E-state index is 0.00330. The van der Waals surface area contributed by atoms with Crippen molar-refractivity contribution in [1.29, 1.82) is 10.8 Å². The summed E-state index contributed by atoms with van der Waals surface area (Å²) in [6.07, 6.45) is 11.2. The van der Waals surface area contributed by atoms with Gasteiger partial charge in [0.15, 0.2) is 5.96 Å². The Morgan fingerprint density at radius 1 is 0.333 bits per heavy atom. The van der Waals surface area contributed by atoms with E-state index in [1.54, 1.807) is 6.92 Å². The average molecular weight is 1950 g/mol.